The van der Waals surface area contributed by atoms with Crippen molar-refractivity contribution < 1.29 is 45.9 Å². The highest BCUT2D eigenvalue weighted by atomic mass is 32.2. The minimum atomic E-state index is -4.13. The fraction of sp³-hybridized carbons (Fsp3) is 0.556. The topological polar surface area (TPSA) is 186 Å². The number of alkyl carbamates (subject to hydrolysis) is 1. The summed E-state index contributed by atoms with van der Waals surface area (Å²) in [7, 11) is -4.13. The number of likely N-dealkylation sites (tertiary alicyclic amines) is 1. The van der Waals surface area contributed by atoms with Gasteiger partial charge in [0.25, 0.3) is 5.91 Å². The molecule has 2 aromatic heterocycles. The number of alkyl halides is 2. The Bertz CT molecular complexity index is 2050. The number of aromatic nitrogens is 2. The van der Waals surface area contributed by atoms with Gasteiger partial charge in [-0.2, -0.15) is 0 Å². The van der Waals surface area contributed by atoms with Crippen molar-refractivity contribution in [2.45, 2.75) is 107 Å². The van der Waals surface area contributed by atoms with Crippen LogP contribution in [-0.2, 0) is 29.1 Å². The average molecular weight is 789 g/mol. The fourth-order valence-corrected chi connectivity index (χ4v) is 8.89. The number of para-hydroxylation sites is 2. The third-order valence-corrected chi connectivity index (χ3v) is 13.1. The van der Waals surface area contributed by atoms with Gasteiger partial charge in [-0.25, -0.2) is 32.0 Å². The molecule has 3 heterocycles. The SMILES string of the molecule is CC(C)(C)[C@H](NC(=O)OC1CCC1)C(=O)N1C[C@H](Oc2nc3ccccc3nc2-c2cccs2)CC1C(=O)N[C@]1(C(=O)NS(=O)(=O)C2CC2)C[C@H]1C(F)F. The van der Waals surface area contributed by atoms with Crippen LogP contribution < -0.4 is 20.1 Å². The lowest BCUT2D eigenvalue weighted by molar-refractivity contribution is -0.143. The monoisotopic (exact) mass is 788 g/mol. The van der Waals surface area contributed by atoms with E-state index in [0.29, 0.717) is 42.4 Å². The van der Waals surface area contributed by atoms with Crippen molar-refractivity contribution in [3.63, 3.8) is 0 Å². The van der Waals surface area contributed by atoms with Gasteiger partial charge >= 0.3 is 6.09 Å². The standard InChI is InChI=1S/C36H42F2N6O8S2/c1-35(2,3)28(41-34(48)52-19-8-6-9-19)32(46)44-18-20(51-31-27(26-12-7-15-53-26)39-23-10-4-5-11-24(23)40-31)16-25(44)30(45)42-36(17-22(36)29(37)38)33(47)43-54(49,50)21-13-14-21/h4-5,7,10-12,15,19-22,25,28-29H,6,8-9,13-14,16-18H2,1-3H3,(H,41,48)(H,42,45)(H,43,47)/t20-,22+,25?,28-,36-/m1/s1. The van der Waals surface area contributed by atoms with Gasteiger partial charge in [-0.3, -0.25) is 19.1 Å². The summed E-state index contributed by atoms with van der Waals surface area (Å²) in [5.41, 5.74) is -1.51. The second-order valence-corrected chi connectivity index (χ2v) is 18.4. The van der Waals surface area contributed by atoms with Gasteiger partial charge in [-0.1, -0.05) is 39.0 Å². The van der Waals surface area contributed by atoms with E-state index in [0.717, 1.165) is 11.3 Å². The number of carbonyl (C=O) groups is 4. The van der Waals surface area contributed by atoms with Crippen molar-refractivity contribution >= 4 is 56.2 Å². The summed E-state index contributed by atoms with van der Waals surface area (Å²) in [5, 5.41) is 6.16. The first-order chi connectivity index (χ1) is 25.6. The predicted octanol–water partition coefficient (Wildman–Crippen LogP) is 4.15. The minimum Gasteiger partial charge on any atom is -0.471 e. The molecule has 0 bridgehead atoms. The first-order valence-corrected chi connectivity index (χ1v) is 20.4. The van der Waals surface area contributed by atoms with Crippen LogP contribution in [0.15, 0.2) is 41.8 Å². The zero-order valence-corrected chi connectivity index (χ0v) is 31.6. The molecule has 3 aromatic rings. The number of halogens is 2. The van der Waals surface area contributed by atoms with E-state index in [4.69, 9.17) is 19.4 Å². The molecular weight excluding hydrogens is 747 g/mol. The van der Waals surface area contributed by atoms with Crippen molar-refractivity contribution in [3.8, 4) is 16.5 Å². The number of nitrogens with zero attached hydrogens (tertiary/aromatic N) is 3. The number of hydrogen-bond acceptors (Lipinski definition) is 11. The molecule has 1 aliphatic heterocycles. The molecule has 3 aliphatic carbocycles. The molecule has 14 nitrogen and oxygen atoms in total. The van der Waals surface area contributed by atoms with Crippen LogP contribution >= 0.6 is 11.3 Å². The summed E-state index contributed by atoms with van der Waals surface area (Å²) in [5.74, 6) is -4.38. The average Bonchev–Trinajstić information content (AvgIpc) is 3.97. The normalized spacial score (nSPS) is 24.8. The van der Waals surface area contributed by atoms with Gasteiger partial charge in [0.05, 0.1) is 33.6 Å². The number of benzene rings is 1. The molecule has 4 aliphatic rings. The summed E-state index contributed by atoms with van der Waals surface area (Å²) in [6, 6.07) is 8.32. The van der Waals surface area contributed by atoms with Crippen LogP contribution in [0.3, 0.4) is 0 Å². The van der Waals surface area contributed by atoms with Crippen LogP contribution in [-0.4, -0.2) is 95.2 Å². The summed E-state index contributed by atoms with van der Waals surface area (Å²) in [6.07, 6.45) is -2.66. The largest absolute Gasteiger partial charge is 0.471 e. The van der Waals surface area contributed by atoms with Crippen LogP contribution in [0.1, 0.15) is 65.7 Å². The molecule has 3 saturated carbocycles. The summed E-state index contributed by atoms with van der Waals surface area (Å²) in [6.45, 7) is 5.00. The number of sulfonamides is 1. The Morgan fingerprint density at radius 3 is 2.28 bits per heavy atom. The van der Waals surface area contributed by atoms with Gasteiger partial charge in [-0.15, -0.1) is 11.3 Å². The van der Waals surface area contributed by atoms with Crippen molar-refractivity contribution in [2.75, 3.05) is 6.54 Å². The molecule has 1 unspecified atom stereocenters. The van der Waals surface area contributed by atoms with Gasteiger partial charge in [0.2, 0.25) is 34.1 Å². The van der Waals surface area contributed by atoms with Crippen LogP contribution in [0.5, 0.6) is 5.88 Å². The quantitative estimate of drug-likeness (QED) is 0.241. The molecule has 0 radical (unpaired) electrons. The number of carbonyl (C=O) groups excluding carboxylic acids is 4. The van der Waals surface area contributed by atoms with Crippen molar-refractivity contribution in [3.05, 3.63) is 41.8 Å². The smallest absolute Gasteiger partial charge is 0.408 e. The van der Waals surface area contributed by atoms with Crippen LogP contribution in [0.25, 0.3) is 21.6 Å². The molecule has 4 amide bonds. The lowest BCUT2D eigenvalue weighted by atomic mass is 9.85. The highest BCUT2D eigenvalue weighted by Gasteiger charge is 2.67. The van der Waals surface area contributed by atoms with Crippen LogP contribution in [0, 0.1) is 11.3 Å². The number of fused-ring (bicyclic) bond motifs is 1. The van der Waals surface area contributed by atoms with Gasteiger partial charge in [0, 0.05) is 6.42 Å². The molecular formula is C36H42F2N6O8S2. The van der Waals surface area contributed by atoms with Gasteiger partial charge in [0.1, 0.15) is 35.5 Å². The maximum Gasteiger partial charge on any atom is 0.408 e. The maximum atomic E-state index is 14.5. The van der Waals surface area contributed by atoms with Crippen LogP contribution in [0.4, 0.5) is 13.6 Å². The third kappa shape index (κ3) is 7.72. The Labute approximate surface area is 314 Å². The number of rotatable bonds is 12. The molecule has 7 rings (SSSR count). The van der Waals surface area contributed by atoms with Gasteiger partial charge in [-0.05, 0) is 67.5 Å². The maximum absolute atomic E-state index is 14.5. The lowest BCUT2D eigenvalue weighted by Crippen LogP contribution is -2.60. The summed E-state index contributed by atoms with van der Waals surface area (Å²) < 4.78 is 67.4. The van der Waals surface area contributed by atoms with E-state index in [1.54, 1.807) is 32.9 Å². The Kier molecular flexibility index (Phi) is 10.0. The third-order valence-electron chi connectivity index (χ3n) is 10.4. The number of hydrogen-bond donors (Lipinski definition) is 3. The highest BCUT2D eigenvalue weighted by Crippen LogP contribution is 2.48. The Balaban J connectivity index is 1.19. The Morgan fingerprint density at radius 1 is 1.00 bits per heavy atom. The molecule has 18 heteroatoms. The van der Waals surface area contributed by atoms with E-state index < -0.39 is 87.0 Å². The van der Waals surface area contributed by atoms with Crippen LogP contribution in [0.2, 0.25) is 0 Å². The van der Waals surface area contributed by atoms with E-state index in [1.165, 1.54) is 16.2 Å². The summed E-state index contributed by atoms with van der Waals surface area (Å²) in [4.78, 5) is 66.5. The first-order valence-electron chi connectivity index (χ1n) is 18.0. The molecule has 3 N–H and O–H groups in total. The number of thiophene rings is 1. The second-order valence-electron chi connectivity index (χ2n) is 15.5. The molecule has 4 fully saturated rings. The molecule has 54 heavy (non-hydrogen) atoms. The zero-order valence-electron chi connectivity index (χ0n) is 29.9. The molecule has 1 saturated heterocycles. The van der Waals surface area contributed by atoms with E-state index in [2.05, 4.69) is 10.6 Å². The van der Waals surface area contributed by atoms with E-state index in [1.807, 2.05) is 34.4 Å². The first kappa shape index (κ1) is 37.8. The van der Waals surface area contributed by atoms with E-state index >= 15 is 0 Å². The number of amides is 4. The fourth-order valence-electron chi connectivity index (χ4n) is 6.82. The number of nitrogens with one attached hydrogen (secondary N) is 3. The van der Waals surface area contributed by atoms with Gasteiger partial charge < -0.3 is 25.0 Å². The van der Waals surface area contributed by atoms with Gasteiger partial charge in [0.15, 0.2) is 0 Å². The van der Waals surface area contributed by atoms with Crippen molar-refractivity contribution in [2.24, 2.45) is 11.3 Å². The Morgan fingerprint density at radius 2 is 1.70 bits per heavy atom. The van der Waals surface area contributed by atoms with E-state index in [9.17, 15) is 36.4 Å². The highest BCUT2D eigenvalue weighted by molar-refractivity contribution is 7.91. The molecule has 1 aromatic carbocycles. The lowest BCUT2D eigenvalue weighted by Gasteiger charge is -2.36. The predicted molar refractivity (Wildman–Crippen MR) is 193 cm³/mol. The summed E-state index contributed by atoms with van der Waals surface area (Å²) >= 11 is 1.41. The van der Waals surface area contributed by atoms with Crippen molar-refractivity contribution in [1.29, 1.82) is 0 Å². The Hall–Kier alpha value is -4.45. The second kappa shape index (κ2) is 14.3. The molecule has 5 atom stereocenters. The van der Waals surface area contributed by atoms with E-state index in [-0.39, 0.29) is 24.9 Å². The zero-order chi connectivity index (χ0) is 38.6. The minimum absolute atomic E-state index is 0.144. The molecule has 0 spiro atoms. The van der Waals surface area contributed by atoms with Crippen molar-refractivity contribution in [1.82, 2.24) is 30.2 Å². The number of ether oxygens (including phenoxy) is 2. The molecule has 290 valence electrons.